The Hall–Kier alpha value is -4.97. The molecule has 0 aliphatic rings. The third-order valence-corrected chi connectivity index (χ3v) is 13.5. The molecule has 0 aliphatic heterocycles. The molecule has 456 valence electrons. The normalized spacial score (nSPS) is 13.2. The van der Waals surface area contributed by atoms with Gasteiger partial charge in [0.2, 0.25) is 0 Å². The lowest BCUT2D eigenvalue weighted by Gasteiger charge is -2.18. The van der Waals surface area contributed by atoms with Crippen molar-refractivity contribution in [1.82, 2.24) is 0 Å². The predicted molar refractivity (Wildman–Crippen MR) is 352 cm³/mol. The highest BCUT2D eigenvalue weighted by Gasteiger charge is 2.19. The largest absolute Gasteiger partial charge is 0.462 e. The first-order valence-electron chi connectivity index (χ1n) is 33.0. The Labute approximate surface area is 499 Å². The zero-order valence-electron chi connectivity index (χ0n) is 52.2. The van der Waals surface area contributed by atoms with Crippen LogP contribution in [0.2, 0.25) is 0 Å². The van der Waals surface area contributed by atoms with Crippen molar-refractivity contribution in [2.45, 2.75) is 284 Å². The highest BCUT2D eigenvalue weighted by molar-refractivity contribution is 5.71. The fourth-order valence-electron chi connectivity index (χ4n) is 8.63. The molecule has 0 saturated carbocycles. The van der Waals surface area contributed by atoms with E-state index < -0.39 is 6.10 Å². The first-order chi connectivity index (χ1) is 40.0. The molecule has 0 aliphatic carbocycles. The minimum absolute atomic E-state index is 0.110. The van der Waals surface area contributed by atoms with Crippen molar-refractivity contribution in [2.24, 2.45) is 0 Å². The van der Waals surface area contributed by atoms with Gasteiger partial charge in [-0.2, -0.15) is 0 Å². The summed E-state index contributed by atoms with van der Waals surface area (Å²) in [6, 6.07) is 0. The number of carbonyl (C=O) groups excluding carboxylic acids is 3. The minimum Gasteiger partial charge on any atom is -0.462 e. The maximum Gasteiger partial charge on any atom is 0.306 e. The Morgan fingerprint density at radius 3 is 0.802 bits per heavy atom. The molecule has 0 heterocycles. The van der Waals surface area contributed by atoms with Gasteiger partial charge in [0.25, 0.3) is 0 Å². The Balaban J connectivity index is 4.32. The molecule has 1 unspecified atom stereocenters. The van der Waals surface area contributed by atoms with E-state index in [9.17, 15) is 14.4 Å². The standard InChI is InChI=1S/C75H120O6/c1-4-7-10-13-16-19-22-25-27-29-30-31-32-33-34-35-36-37-38-39-40-41-42-43-44-46-47-50-53-56-59-62-65-68-74(77)80-71-72(70-79-73(76)67-64-61-58-55-52-49-24-21-18-15-12-9-6-3)81-75(78)69-66-63-60-57-54-51-48-45-28-26-23-20-17-14-11-8-5-2/h7-8,10-11,16-17,19-21,24-28,30-31,33-34,36-37,39-40,48,51,57,60,72H,4-6,9,12-15,18,22-23,29,32,35,38,41-47,49-50,52-56,58-59,61-71H2,1-3H3/b10-7-,11-8-,19-16-,20-17-,24-21-,27-25-,28-26-,31-30-,34-33-,37-36-,40-39-,51-48-,60-57-. The highest BCUT2D eigenvalue weighted by Crippen LogP contribution is 2.15. The average molecular weight is 1120 g/mol. The third-order valence-electron chi connectivity index (χ3n) is 13.5. The van der Waals surface area contributed by atoms with Gasteiger partial charge in [-0.05, 0) is 141 Å². The van der Waals surface area contributed by atoms with Crippen molar-refractivity contribution in [3.63, 3.8) is 0 Å². The first-order valence-corrected chi connectivity index (χ1v) is 33.0. The molecule has 0 saturated heterocycles. The van der Waals surface area contributed by atoms with Gasteiger partial charge in [-0.15, -0.1) is 0 Å². The van der Waals surface area contributed by atoms with Gasteiger partial charge in [-0.25, -0.2) is 0 Å². The molecule has 0 aromatic rings. The summed E-state index contributed by atoms with van der Waals surface area (Å²) in [4.78, 5) is 38.3. The van der Waals surface area contributed by atoms with Crippen LogP contribution in [-0.4, -0.2) is 37.2 Å². The summed E-state index contributed by atoms with van der Waals surface area (Å²) in [6.45, 7) is 6.34. The number of allylic oxidation sites excluding steroid dienone is 26. The van der Waals surface area contributed by atoms with Crippen molar-refractivity contribution in [2.75, 3.05) is 13.2 Å². The van der Waals surface area contributed by atoms with Crippen molar-refractivity contribution >= 4 is 17.9 Å². The van der Waals surface area contributed by atoms with Crippen molar-refractivity contribution in [3.05, 3.63) is 158 Å². The molecule has 0 radical (unpaired) electrons. The van der Waals surface area contributed by atoms with Crippen LogP contribution in [0, 0.1) is 0 Å². The lowest BCUT2D eigenvalue weighted by atomic mass is 10.0. The van der Waals surface area contributed by atoms with Crippen molar-refractivity contribution < 1.29 is 28.6 Å². The van der Waals surface area contributed by atoms with E-state index in [1.54, 1.807) is 0 Å². The maximum atomic E-state index is 12.9. The van der Waals surface area contributed by atoms with E-state index in [1.807, 2.05) is 0 Å². The molecule has 6 nitrogen and oxygen atoms in total. The molecule has 0 fully saturated rings. The summed E-state index contributed by atoms with van der Waals surface area (Å²) in [6.07, 6.45) is 98.4. The van der Waals surface area contributed by atoms with Crippen molar-refractivity contribution in [1.29, 1.82) is 0 Å². The Morgan fingerprint density at radius 2 is 0.494 bits per heavy atom. The van der Waals surface area contributed by atoms with Gasteiger partial charge in [0.1, 0.15) is 13.2 Å². The Morgan fingerprint density at radius 1 is 0.259 bits per heavy atom. The Kier molecular flexibility index (Phi) is 63.4. The lowest BCUT2D eigenvalue weighted by Crippen LogP contribution is -2.30. The second kappa shape index (κ2) is 67.5. The van der Waals surface area contributed by atoms with Crippen LogP contribution in [0.15, 0.2) is 158 Å². The molecular weight excluding hydrogens is 997 g/mol. The number of rotatable bonds is 58. The number of hydrogen-bond donors (Lipinski definition) is 0. The SMILES string of the molecule is CC/C=C\C/C=C\C/C=C\C/C=C\C/C=C\C/C=C\C/C=C\CCCCCCCCCCCCCC(=O)OCC(COC(=O)CCCCCCC/C=C\CCCCCC)OC(=O)CCC/C=C\C/C=C\C/C=C\C/C=C\C/C=C\CC. The van der Waals surface area contributed by atoms with E-state index >= 15 is 0 Å². The van der Waals surface area contributed by atoms with E-state index in [0.717, 1.165) is 135 Å². The van der Waals surface area contributed by atoms with Crippen molar-refractivity contribution in [3.8, 4) is 0 Å². The van der Waals surface area contributed by atoms with E-state index in [4.69, 9.17) is 14.2 Å². The van der Waals surface area contributed by atoms with E-state index in [2.05, 4.69) is 179 Å². The van der Waals surface area contributed by atoms with Crippen LogP contribution in [0.5, 0.6) is 0 Å². The predicted octanol–water partition coefficient (Wildman–Crippen LogP) is 22.9. The van der Waals surface area contributed by atoms with Crippen LogP contribution in [0.3, 0.4) is 0 Å². The Bertz CT molecular complexity index is 1810. The highest BCUT2D eigenvalue weighted by atomic mass is 16.6. The number of unbranched alkanes of at least 4 members (excludes halogenated alkanes) is 21. The number of carbonyl (C=O) groups is 3. The summed E-state index contributed by atoms with van der Waals surface area (Å²) in [5, 5.41) is 0. The van der Waals surface area contributed by atoms with Gasteiger partial charge in [-0.1, -0.05) is 275 Å². The molecule has 81 heavy (non-hydrogen) atoms. The number of hydrogen-bond acceptors (Lipinski definition) is 6. The molecular formula is C75H120O6. The molecule has 0 rings (SSSR count). The molecule has 0 spiro atoms. The number of ether oxygens (including phenoxy) is 3. The maximum absolute atomic E-state index is 12.9. The van der Waals surface area contributed by atoms with Crippen LogP contribution in [-0.2, 0) is 28.6 Å². The number of esters is 3. The smallest absolute Gasteiger partial charge is 0.306 e. The fourth-order valence-corrected chi connectivity index (χ4v) is 8.63. The van der Waals surface area contributed by atoms with Gasteiger partial charge in [0.15, 0.2) is 6.10 Å². The summed E-state index contributed by atoms with van der Waals surface area (Å²) >= 11 is 0. The van der Waals surface area contributed by atoms with E-state index in [1.165, 1.54) is 96.3 Å². The molecule has 0 N–H and O–H groups in total. The van der Waals surface area contributed by atoms with Crippen LogP contribution < -0.4 is 0 Å². The average Bonchev–Trinajstić information content (AvgIpc) is 3.46. The molecule has 1 atom stereocenters. The summed E-state index contributed by atoms with van der Waals surface area (Å²) in [5.41, 5.74) is 0. The third kappa shape index (κ3) is 65.7. The van der Waals surface area contributed by atoms with Crippen LogP contribution in [0.1, 0.15) is 278 Å². The van der Waals surface area contributed by atoms with E-state index in [-0.39, 0.29) is 37.5 Å². The summed E-state index contributed by atoms with van der Waals surface area (Å²) in [5.74, 6) is -0.981. The molecule has 0 amide bonds. The summed E-state index contributed by atoms with van der Waals surface area (Å²) in [7, 11) is 0. The minimum atomic E-state index is -0.819. The van der Waals surface area contributed by atoms with Gasteiger partial charge in [0, 0.05) is 19.3 Å². The van der Waals surface area contributed by atoms with Crippen LogP contribution in [0.25, 0.3) is 0 Å². The van der Waals surface area contributed by atoms with Gasteiger partial charge in [0.05, 0.1) is 0 Å². The molecule has 0 bridgehead atoms. The zero-order valence-corrected chi connectivity index (χ0v) is 52.2. The first kappa shape index (κ1) is 76.0. The quantitative estimate of drug-likeness (QED) is 0.0261. The summed E-state index contributed by atoms with van der Waals surface area (Å²) < 4.78 is 16.8. The molecule has 0 aromatic heterocycles. The molecule has 0 aromatic carbocycles. The lowest BCUT2D eigenvalue weighted by molar-refractivity contribution is -0.167. The second-order valence-electron chi connectivity index (χ2n) is 21.3. The van der Waals surface area contributed by atoms with Gasteiger partial charge >= 0.3 is 17.9 Å². The zero-order chi connectivity index (χ0) is 58.5. The van der Waals surface area contributed by atoms with Crippen LogP contribution >= 0.6 is 0 Å². The second-order valence-corrected chi connectivity index (χ2v) is 21.3. The van der Waals surface area contributed by atoms with Crippen LogP contribution in [0.4, 0.5) is 0 Å². The monoisotopic (exact) mass is 1120 g/mol. The van der Waals surface area contributed by atoms with E-state index in [0.29, 0.717) is 19.3 Å². The van der Waals surface area contributed by atoms with Gasteiger partial charge in [-0.3, -0.25) is 14.4 Å². The van der Waals surface area contributed by atoms with Gasteiger partial charge < -0.3 is 14.2 Å². The fraction of sp³-hybridized carbons (Fsp3) is 0.613. The topological polar surface area (TPSA) is 78.9 Å². The molecule has 6 heteroatoms.